The number of hydrogen-bond acceptors (Lipinski definition) is 5. The topological polar surface area (TPSA) is 73.2 Å². The van der Waals surface area contributed by atoms with Gasteiger partial charge in [0, 0.05) is 31.0 Å². The maximum atomic E-state index is 13.0. The highest BCUT2D eigenvalue weighted by Crippen LogP contribution is 2.27. The van der Waals surface area contributed by atoms with E-state index in [0.717, 1.165) is 35.9 Å². The summed E-state index contributed by atoms with van der Waals surface area (Å²) in [7, 11) is 1.83. The van der Waals surface area contributed by atoms with Crippen LogP contribution in [-0.4, -0.2) is 27.5 Å². The third-order valence-electron chi connectivity index (χ3n) is 5.27. The van der Waals surface area contributed by atoms with Crippen molar-refractivity contribution in [1.29, 1.82) is 0 Å². The van der Waals surface area contributed by atoms with Gasteiger partial charge in [-0.1, -0.05) is 25.3 Å². The molecule has 1 aliphatic rings. The SMILES string of the molecule is Cn1c(C(=O)O[C@H](C(=O)NC2CCCCC2)c2cccnc2)cc2sccc21. The Balaban J connectivity index is 1.56. The molecule has 3 aromatic rings. The van der Waals surface area contributed by atoms with Crippen LogP contribution in [0, 0.1) is 0 Å². The highest BCUT2D eigenvalue weighted by atomic mass is 32.1. The molecule has 1 atom stereocenters. The lowest BCUT2D eigenvalue weighted by molar-refractivity contribution is -0.131. The lowest BCUT2D eigenvalue weighted by Gasteiger charge is -2.25. The Morgan fingerprint density at radius 2 is 2.11 bits per heavy atom. The number of fused-ring (bicyclic) bond motifs is 1. The smallest absolute Gasteiger partial charge is 0.356 e. The van der Waals surface area contributed by atoms with E-state index in [1.165, 1.54) is 6.42 Å². The fraction of sp³-hybridized carbons (Fsp3) is 0.381. The highest BCUT2D eigenvalue weighted by Gasteiger charge is 2.29. The maximum absolute atomic E-state index is 13.0. The first-order valence-electron chi connectivity index (χ1n) is 9.57. The molecular formula is C21H23N3O3S. The first-order chi connectivity index (χ1) is 13.6. The van der Waals surface area contributed by atoms with E-state index in [-0.39, 0.29) is 11.9 Å². The summed E-state index contributed by atoms with van der Waals surface area (Å²) in [6, 6.07) is 7.41. The second-order valence-electron chi connectivity index (χ2n) is 7.17. The second kappa shape index (κ2) is 8.14. The minimum absolute atomic E-state index is 0.138. The molecule has 4 rings (SSSR count). The molecule has 3 aromatic heterocycles. The molecule has 1 saturated carbocycles. The Labute approximate surface area is 167 Å². The zero-order valence-corrected chi connectivity index (χ0v) is 16.6. The first-order valence-corrected chi connectivity index (χ1v) is 10.5. The molecule has 3 heterocycles. The van der Waals surface area contributed by atoms with Crippen molar-refractivity contribution in [3.63, 3.8) is 0 Å². The van der Waals surface area contributed by atoms with Gasteiger partial charge in [-0.05, 0) is 36.4 Å². The quantitative estimate of drug-likeness (QED) is 0.661. The van der Waals surface area contributed by atoms with Crippen LogP contribution >= 0.6 is 11.3 Å². The fourth-order valence-corrected chi connectivity index (χ4v) is 4.59. The Morgan fingerprint density at radius 1 is 1.29 bits per heavy atom. The predicted molar refractivity (Wildman–Crippen MR) is 108 cm³/mol. The fourth-order valence-electron chi connectivity index (χ4n) is 3.74. The zero-order valence-electron chi connectivity index (χ0n) is 15.8. The minimum atomic E-state index is -1.02. The van der Waals surface area contributed by atoms with E-state index in [0.29, 0.717) is 11.3 Å². The summed E-state index contributed by atoms with van der Waals surface area (Å²) in [5.74, 6) is -0.803. The summed E-state index contributed by atoms with van der Waals surface area (Å²) < 4.78 is 8.51. The average Bonchev–Trinajstić information content (AvgIpc) is 3.30. The van der Waals surface area contributed by atoms with Gasteiger partial charge in [-0.2, -0.15) is 0 Å². The number of aromatic nitrogens is 2. The molecule has 7 heteroatoms. The minimum Gasteiger partial charge on any atom is -0.443 e. The monoisotopic (exact) mass is 397 g/mol. The number of carbonyl (C=O) groups is 2. The summed E-state index contributed by atoms with van der Waals surface area (Å²) in [5.41, 5.74) is 1.97. The van der Waals surface area contributed by atoms with Crippen LogP contribution in [0.15, 0.2) is 42.0 Å². The van der Waals surface area contributed by atoms with Crippen LogP contribution in [0.25, 0.3) is 10.2 Å². The van der Waals surface area contributed by atoms with Gasteiger partial charge in [-0.3, -0.25) is 9.78 Å². The van der Waals surface area contributed by atoms with E-state index in [2.05, 4.69) is 10.3 Å². The summed E-state index contributed by atoms with van der Waals surface area (Å²) >= 11 is 1.57. The van der Waals surface area contributed by atoms with Gasteiger partial charge in [0.1, 0.15) is 5.69 Å². The largest absolute Gasteiger partial charge is 0.443 e. The zero-order chi connectivity index (χ0) is 19.5. The number of ether oxygens (including phenoxy) is 1. The molecule has 0 aromatic carbocycles. The number of carbonyl (C=O) groups excluding carboxylic acids is 2. The molecule has 0 aliphatic heterocycles. The summed E-state index contributed by atoms with van der Waals surface area (Å²) in [6.45, 7) is 0. The lowest BCUT2D eigenvalue weighted by atomic mass is 9.95. The second-order valence-corrected chi connectivity index (χ2v) is 8.12. The Kier molecular flexibility index (Phi) is 5.43. The van der Waals surface area contributed by atoms with Crippen LogP contribution in [-0.2, 0) is 16.6 Å². The van der Waals surface area contributed by atoms with Gasteiger partial charge in [-0.25, -0.2) is 4.79 Å². The third-order valence-corrected chi connectivity index (χ3v) is 6.13. The van der Waals surface area contributed by atoms with E-state index in [9.17, 15) is 9.59 Å². The Morgan fingerprint density at radius 3 is 2.82 bits per heavy atom. The van der Waals surface area contributed by atoms with Crippen molar-refractivity contribution in [1.82, 2.24) is 14.9 Å². The number of thiophene rings is 1. The molecule has 1 amide bonds. The Hall–Kier alpha value is -2.67. The molecule has 1 aliphatic carbocycles. The van der Waals surface area contributed by atoms with Crippen molar-refractivity contribution >= 4 is 33.4 Å². The van der Waals surface area contributed by atoms with Gasteiger partial charge in [0.2, 0.25) is 6.10 Å². The van der Waals surface area contributed by atoms with Gasteiger partial charge in [0.05, 0.1) is 10.2 Å². The van der Waals surface area contributed by atoms with Crippen molar-refractivity contribution in [3.05, 3.63) is 53.3 Å². The lowest BCUT2D eigenvalue weighted by Crippen LogP contribution is -2.40. The van der Waals surface area contributed by atoms with Gasteiger partial charge >= 0.3 is 5.97 Å². The average molecular weight is 398 g/mol. The number of amides is 1. The molecule has 1 fully saturated rings. The maximum Gasteiger partial charge on any atom is 0.356 e. The standard InChI is InChI=1S/C21H23N3O3S/c1-24-16-9-11-28-18(16)12-17(24)21(26)27-19(14-6-5-10-22-13-14)20(25)23-15-7-3-2-4-8-15/h5-6,9-13,15,19H,2-4,7-8H2,1H3,(H,23,25)/t19-/m0/s1. The molecule has 0 unspecified atom stereocenters. The molecule has 146 valence electrons. The van der Waals surface area contributed by atoms with Crippen molar-refractivity contribution in [2.24, 2.45) is 7.05 Å². The molecule has 1 N–H and O–H groups in total. The van der Waals surface area contributed by atoms with Gasteiger partial charge in [0.25, 0.3) is 5.91 Å². The van der Waals surface area contributed by atoms with Crippen molar-refractivity contribution in [2.45, 2.75) is 44.2 Å². The van der Waals surface area contributed by atoms with E-state index in [1.807, 2.05) is 24.6 Å². The first kappa shape index (κ1) is 18.7. The molecule has 0 radical (unpaired) electrons. The van der Waals surface area contributed by atoms with Crippen molar-refractivity contribution in [2.75, 3.05) is 0 Å². The summed E-state index contributed by atoms with van der Waals surface area (Å²) in [4.78, 5) is 29.9. The van der Waals surface area contributed by atoms with Crippen molar-refractivity contribution in [3.8, 4) is 0 Å². The summed E-state index contributed by atoms with van der Waals surface area (Å²) in [5, 5.41) is 5.04. The Bertz CT molecular complexity index is 973. The van der Waals surface area contributed by atoms with Gasteiger partial charge in [0.15, 0.2) is 0 Å². The van der Waals surface area contributed by atoms with E-state index < -0.39 is 12.1 Å². The van der Waals surface area contributed by atoms with E-state index in [4.69, 9.17) is 4.74 Å². The number of nitrogens with one attached hydrogen (secondary N) is 1. The third kappa shape index (κ3) is 3.80. The van der Waals surface area contributed by atoms with Gasteiger partial charge in [-0.15, -0.1) is 11.3 Å². The van der Waals surface area contributed by atoms with Crippen LogP contribution in [0.5, 0.6) is 0 Å². The highest BCUT2D eigenvalue weighted by molar-refractivity contribution is 7.17. The molecule has 6 nitrogen and oxygen atoms in total. The molecule has 0 spiro atoms. The van der Waals surface area contributed by atoms with Gasteiger partial charge < -0.3 is 14.6 Å². The van der Waals surface area contributed by atoms with Crippen LogP contribution in [0.4, 0.5) is 0 Å². The molecule has 0 saturated heterocycles. The molecule has 28 heavy (non-hydrogen) atoms. The van der Waals surface area contributed by atoms with Crippen LogP contribution < -0.4 is 5.32 Å². The van der Waals surface area contributed by atoms with Crippen LogP contribution in [0.1, 0.15) is 54.3 Å². The van der Waals surface area contributed by atoms with Crippen molar-refractivity contribution < 1.29 is 14.3 Å². The number of pyridine rings is 1. The molecule has 0 bridgehead atoms. The van der Waals surface area contributed by atoms with E-state index in [1.54, 1.807) is 40.4 Å². The predicted octanol–water partition coefficient (Wildman–Crippen LogP) is 3.98. The van der Waals surface area contributed by atoms with Crippen LogP contribution in [0.3, 0.4) is 0 Å². The number of nitrogens with zero attached hydrogens (tertiary/aromatic N) is 2. The van der Waals surface area contributed by atoms with E-state index >= 15 is 0 Å². The number of hydrogen-bond donors (Lipinski definition) is 1. The molecular weight excluding hydrogens is 374 g/mol. The van der Waals surface area contributed by atoms with Crippen LogP contribution in [0.2, 0.25) is 0 Å². The number of aryl methyl sites for hydroxylation is 1. The normalized spacial score (nSPS) is 16.0. The number of rotatable bonds is 5. The summed E-state index contributed by atoms with van der Waals surface area (Å²) in [6.07, 6.45) is 7.55. The number of esters is 1.